The Morgan fingerprint density at radius 1 is 1.10 bits per heavy atom. The highest BCUT2D eigenvalue weighted by molar-refractivity contribution is 5.79. The normalized spacial score (nSPS) is 28.1. The summed E-state index contributed by atoms with van der Waals surface area (Å²) in [5.41, 5.74) is 0. The predicted octanol–water partition coefficient (Wildman–Crippen LogP) is 2.60. The average molecular weight is 294 g/mol. The lowest BCUT2D eigenvalue weighted by molar-refractivity contribution is 0.249. The van der Waals surface area contributed by atoms with Crippen LogP contribution >= 0.6 is 0 Å². The van der Waals surface area contributed by atoms with Crippen molar-refractivity contribution < 1.29 is 0 Å². The lowest BCUT2D eigenvalue weighted by Gasteiger charge is -2.29. The van der Waals surface area contributed by atoms with Crippen molar-refractivity contribution in [3.63, 3.8) is 0 Å². The maximum absolute atomic E-state index is 4.37. The molecule has 0 bridgehead atoms. The summed E-state index contributed by atoms with van der Waals surface area (Å²) in [7, 11) is 4.14. The van der Waals surface area contributed by atoms with Crippen LogP contribution in [0, 0.1) is 5.92 Å². The van der Waals surface area contributed by atoms with Gasteiger partial charge in [-0.25, -0.2) is 0 Å². The molecule has 0 radical (unpaired) electrons. The van der Waals surface area contributed by atoms with E-state index in [1.54, 1.807) is 0 Å². The van der Waals surface area contributed by atoms with E-state index in [2.05, 4.69) is 34.5 Å². The number of likely N-dealkylation sites (N-methyl/N-ethyl adjacent to an activating group) is 1. The molecule has 0 atom stereocenters. The number of hydrogen-bond acceptors (Lipinski definition) is 2. The van der Waals surface area contributed by atoms with Gasteiger partial charge in [0.15, 0.2) is 5.96 Å². The molecule has 122 valence electrons. The van der Waals surface area contributed by atoms with Crippen LogP contribution in [0.25, 0.3) is 0 Å². The van der Waals surface area contributed by atoms with Gasteiger partial charge in [-0.3, -0.25) is 4.99 Å². The van der Waals surface area contributed by atoms with Crippen molar-refractivity contribution in [1.29, 1.82) is 0 Å². The zero-order chi connectivity index (χ0) is 15.1. The smallest absolute Gasteiger partial charge is 0.191 e. The van der Waals surface area contributed by atoms with Crippen molar-refractivity contribution in [3.8, 4) is 0 Å². The van der Waals surface area contributed by atoms with Crippen LogP contribution in [0.3, 0.4) is 0 Å². The van der Waals surface area contributed by atoms with Gasteiger partial charge in [0.2, 0.25) is 0 Å². The van der Waals surface area contributed by atoms with E-state index in [9.17, 15) is 0 Å². The Bertz CT molecular complexity index is 315. The van der Waals surface area contributed by atoms with E-state index in [0.29, 0.717) is 6.04 Å². The molecular weight excluding hydrogens is 260 g/mol. The monoisotopic (exact) mass is 294 g/mol. The molecule has 0 aromatic rings. The summed E-state index contributed by atoms with van der Waals surface area (Å²) in [6.07, 6.45) is 10.8. The Balaban J connectivity index is 1.63. The topological polar surface area (TPSA) is 39.7 Å². The molecule has 0 spiro atoms. The zero-order valence-corrected chi connectivity index (χ0v) is 14.2. The fourth-order valence-corrected chi connectivity index (χ4v) is 3.67. The molecule has 2 fully saturated rings. The molecule has 2 rings (SSSR count). The van der Waals surface area contributed by atoms with E-state index < -0.39 is 0 Å². The average Bonchev–Trinajstić information content (AvgIpc) is 3.02. The Labute approximate surface area is 130 Å². The molecule has 0 aromatic carbocycles. The number of guanidine groups is 1. The highest BCUT2D eigenvalue weighted by Gasteiger charge is 2.20. The highest BCUT2D eigenvalue weighted by Crippen LogP contribution is 2.23. The van der Waals surface area contributed by atoms with Crippen LogP contribution in [0.4, 0.5) is 0 Å². The summed E-state index contributed by atoms with van der Waals surface area (Å²) in [5, 5.41) is 7.07. The second-order valence-electron chi connectivity index (χ2n) is 7.02. The zero-order valence-electron chi connectivity index (χ0n) is 14.2. The Morgan fingerprint density at radius 2 is 1.76 bits per heavy atom. The molecule has 0 aliphatic heterocycles. The molecular formula is C17H34N4. The minimum Gasteiger partial charge on any atom is -0.355 e. The lowest BCUT2D eigenvalue weighted by Crippen LogP contribution is -2.47. The predicted molar refractivity (Wildman–Crippen MR) is 90.8 cm³/mol. The van der Waals surface area contributed by atoms with E-state index in [1.807, 2.05) is 7.05 Å². The van der Waals surface area contributed by atoms with Gasteiger partial charge in [0, 0.05) is 32.2 Å². The van der Waals surface area contributed by atoms with Gasteiger partial charge in [-0.1, -0.05) is 19.8 Å². The molecule has 0 heterocycles. The Kier molecular flexibility index (Phi) is 6.81. The summed E-state index contributed by atoms with van der Waals surface area (Å²) >= 11 is 0. The van der Waals surface area contributed by atoms with Crippen LogP contribution < -0.4 is 10.6 Å². The van der Waals surface area contributed by atoms with Gasteiger partial charge in [-0.05, 0) is 51.5 Å². The van der Waals surface area contributed by atoms with E-state index in [0.717, 1.165) is 31.0 Å². The van der Waals surface area contributed by atoms with E-state index >= 15 is 0 Å². The molecule has 21 heavy (non-hydrogen) atoms. The maximum Gasteiger partial charge on any atom is 0.191 e. The van der Waals surface area contributed by atoms with Gasteiger partial charge >= 0.3 is 0 Å². The first-order valence-corrected chi connectivity index (χ1v) is 8.86. The van der Waals surface area contributed by atoms with Crippen molar-refractivity contribution in [1.82, 2.24) is 15.5 Å². The molecule has 4 nitrogen and oxygen atoms in total. The van der Waals surface area contributed by atoms with Gasteiger partial charge in [0.1, 0.15) is 0 Å². The molecule has 2 saturated carbocycles. The summed E-state index contributed by atoms with van der Waals surface area (Å²) in [6, 6.07) is 1.42. The van der Waals surface area contributed by atoms with E-state index in [1.165, 1.54) is 51.4 Å². The largest absolute Gasteiger partial charge is 0.355 e. The van der Waals surface area contributed by atoms with Crippen molar-refractivity contribution in [3.05, 3.63) is 0 Å². The molecule has 0 unspecified atom stereocenters. The molecule has 2 N–H and O–H groups in total. The van der Waals surface area contributed by atoms with Gasteiger partial charge in [0.05, 0.1) is 0 Å². The molecule has 0 aromatic heterocycles. The van der Waals surface area contributed by atoms with Crippen LogP contribution in [0.2, 0.25) is 0 Å². The first kappa shape index (κ1) is 16.6. The summed E-state index contributed by atoms with van der Waals surface area (Å²) in [4.78, 5) is 6.88. The SMILES string of the molecule is CN=C(NCCN(C)C1CCCC1)NC1CCC(C)CC1. The lowest BCUT2D eigenvalue weighted by atomic mass is 9.87. The van der Waals surface area contributed by atoms with Gasteiger partial charge in [-0.2, -0.15) is 0 Å². The number of rotatable bonds is 5. The second-order valence-corrected chi connectivity index (χ2v) is 7.02. The van der Waals surface area contributed by atoms with Crippen LogP contribution in [-0.4, -0.2) is 50.1 Å². The van der Waals surface area contributed by atoms with Crippen molar-refractivity contribution in [2.75, 3.05) is 27.2 Å². The standard InChI is InChI=1S/C17H34N4/c1-14-8-10-15(11-9-14)20-17(18-2)19-12-13-21(3)16-6-4-5-7-16/h14-16H,4-13H2,1-3H3,(H2,18,19,20). The summed E-state index contributed by atoms with van der Waals surface area (Å²) in [5.74, 6) is 1.88. The van der Waals surface area contributed by atoms with Crippen LogP contribution in [-0.2, 0) is 0 Å². The fourth-order valence-electron chi connectivity index (χ4n) is 3.67. The van der Waals surface area contributed by atoms with Crippen molar-refractivity contribution in [2.24, 2.45) is 10.9 Å². The molecule has 2 aliphatic rings. The maximum atomic E-state index is 4.37. The van der Waals surface area contributed by atoms with E-state index in [-0.39, 0.29) is 0 Å². The minimum absolute atomic E-state index is 0.611. The third-order valence-corrected chi connectivity index (χ3v) is 5.29. The molecule has 2 aliphatic carbocycles. The van der Waals surface area contributed by atoms with Crippen LogP contribution in [0.5, 0.6) is 0 Å². The quantitative estimate of drug-likeness (QED) is 0.605. The van der Waals surface area contributed by atoms with Crippen LogP contribution in [0.1, 0.15) is 58.3 Å². The fraction of sp³-hybridized carbons (Fsp3) is 0.941. The Hall–Kier alpha value is -0.770. The van der Waals surface area contributed by atoms with Gasteiger partial charge < -0.3 is 15.5 Å². The number of nitrogens with one attached hydrogen (secondary N) is 2. The number of hydrogen-bond donors (Lipinski definition) is 2. The van der Waals surface area contributed by atoms with Gasteiger partial charge in [0.25, 0.3) is 0 Å². The number of nitrogens with zero attached hydrogens (tertiary/aromatic N) is 2. The third-order valence-electron chi connectivity index (χ3n) is 5.29. The Morgan fingerprint density at radius 3 is 2.38 bits per heavy atom. The molecule has 0 saturated heterocycles. The van der Waals surface area contributed by atoms with Gasteiger partial charge in [-0.15, -0.1) is 0 Å². The van der Waals surface area contributed by atoms with Crippen LogP contribution in [0.15, 0.2) is 4.99 Å². The third kappa shape index (κ3) is 5.50. The first-order valence-electron chi connectivity index (χ1n) is 8.86. The molecule has 0 amide bonds. The van der Waals surface area contributed by atoms with E-state index in [4.69, 9.17) is 0 Å². The first-order chi connectivity index (χ1) is 10.2. The minimum atomic E-state index is 0.611. The highest BCUT2D eigenvalue weighted by atomic mass is 15.2. The van der Waals surface area contributed by atoms with Crippen molar-refractivity contribution in [2.45, 2.75) is 70.4 Å². The second kappa shape index (κ2) is 8.62. The summed E-state index contributed by atoms with van der Waals surface area (Å²) in [6.45, 7) is 4.45. The van der Waals surface area contributed by atoms with Crippen molar-refractivity contribution >= 4 is 5.96 Å². The summed E-state index contributed by atoms with van der Waals surface area (Å²) < 4.78 is 0. The molecule has 4 heteroatoms. The number of aliphatic imine (C=N–C) groups is 1.